The van der Waals surface area contributed by atoms with E-state index in [0.29, 0.717) is 38.2 Å². The zero-order chi connectivity index (χ0) is 23.3. The van der Waals surface area contributed by atoms with E-state index in [1.165, 1.54) is 0 Å². The summed E-state index contributed by atoms with van der Waals surface area (Å²) in [6.45, 7) is 3.38. The molecule has 33 heavy (non-hydrogen) atoms. The monoisotopic (exact) mass is 443 g/mol. The zero-order valence-corrected chi connectivity index (χ0v) is 19.1. The number of amides is 2. The molecule has 6 nitrogen and oxygen atoms in total. The number of nitrogens with one attached hydrogen (secondary N) is 1. The van der Waals surface area contributed by atoms with Gasteiger partial charge in [0.25, 0.3) is 5.91 Å². The average Bonchev–Trinajstić information content (AvgIpc) is 3.30. The highest BCUT2D eigenvalue weighted by atomic mass is 16.5. The average molecular weight is 444 g/mol. The maximum atomic E-state index is 13.2. The molecule has 1 N–H and O–H groups in total. The molecule has 0 bridgehead atoms. The second kappa shape index (κ2) is 9.86. The Morgan fingerprint density at radius 1 is 1.06 bits per heavy atom. The summed E-state index contributed by atoms with van der Waals surface area (Å²) in [5, 5.41) is 2.99. The van der Waals surface area contributed by atoms with Gasteiger partial charge in [-0.25, -0.2) is 0 Å². The predicted molar refractivity (Wildman–Crippen MR) is 128 cm³/mol. The fourth-order valence-corrected chi connectivity index (χ4v) is 4.53. The van der Waals surface area contributed by atoms with Gasteiger partial charge in [0.1, 0.15) is 11.4 Å². The van der Waals surface area contributed by atoms with E-state index in [2.05, 4.69) is 34.6 Å². The molecule has 170 valence electrons. The third-order valence-electron chi connectivity index (χ3n) is 6.26. The first-order valence-corrected chi connectivity index (χ1v) is 11.3. The zero-order valence-electron chi connectivity index (χ0n) is 19.1. The second-order valence-corrected chi connectivity index (χ2v) is 8.41. The summed E-state index contributed by atoms with van der Waals surface area (Å²) >= 11 is 0. The fraction of sp³-hybridized carbons (Fsp3) is 0.296. The molecular formula is C27H29N3O3. The number of pyridine rings is 1. The summed E-state index contributed by atoms with van der Waals surface area (Å²) in [5.41, 5.74) is 2.89. The van der Waals surface area contributed by atoms with Crippen molar-refractivity contribution in [2.75, 3.05) is 26.7 Å². The summed E-state index contributed by atoms with van der Waals surface area (Å²) < 4.78 is 5.49. The van der Waals surface area contributed by atoms with E-state index in [4.69, 9.17) is 4.74 Å². The molecule has 1 aliphatic heterocycles. The Kier molecular flexibility index (Phi) is 6.73. The molecule has 0 spiro atoms. The van der Waals surface area contributed by atoms with E-state index in [-0.39, 0.29) is 11.8 Å². The van der Waals surface area contributed by atoms with Gasteiger partial charge in [-0.2, -0.15) is 0 Å². The number of methoxy groups -OCH3 is 1. The summed E-state index contributed by atoms with van der Waals surface area (Å²) in [5.74, 6) is 0.687. The highest BCUT2D eigenvalue weighted by Crippen LogP contribution is 2.36. The van der Waals surface area contributed by atoms with Crippen LogP contribution in [0.25, 0.3) is 11.1 Å². The Labute approximate surface area is 194 Å². The van der Waals surface area contributed by atoms with E-state index in [0.717, 1.165) is 22.4 Å². The Morgan fingerprint density at radius 2 is 1.82 bits per heavy atom. The van der Waals surface area contributed by atoms with Crippen LogP contribution in [-0.4, -0.2) is 48.4 Å². The molecule has 2 heterocycles. The van der Waals surface area contributed by atoms with E-state index in [1.54, 1.807) is 36.4 Å². The van der Waals surface area contributed by atoms with E-state index in [1.807, 2.05) is 31.2 Å². The lowest BCUT2D eigenvalue weighted by Crippen LogP contribution is -2.45. The van der Waals surface area contributed by atoms with Crippen LogP contribution in [0.5, 0.6) is 5.75 Å². The molecule has 0 radical (unpaired) electrons. The van der Waals surface area contributed by atoms with E-state index < -0.39 is 5.41 Å². The maximum absolute atomic E-state index is 13.2. The van der Waals surface area contributed by atoms with Gasteiger partial charge < -0.3 is 15.0 Å². The molecule has 1 atom stereocenters. The number of likely N-dealkylation sites (tertiary alicyclic amines) is 1. The lowest BCUT2D eigenvalue weighted by molar-refractivity contribution is -0.130. The number of ether oxygens (including phenoxy) is 1. The molecular weight excluding hydrogens is 414 g/mol. The minimum absolute atomic E-state index is 0.00451. The third-order valence-corrected chi connectivity index (χ3v) is 6.26. The summed E-state index contributed by atoms with van der Waals surface area (Å²) in [7, 11) is 1.67. The van der Waals surface area contributed by atoms with Crippen molar-refractivity contribution in [1.29, 1.82) is 0 Å². The van der Waals surface area contributed by atoms with Crippen molar-refractivity contribution < 1.29 is 14.3 Å². The molecule has 1 fully saturated rings. The van der Waals surface area contributed by atoms with Crippen LogP contribution in [0.4, 0.5) is 0 Å². The number of rotatable bonds is 7. The molecule has 1 saturated heterocycles. The molecule has 0 saturated carbocycles. The first kappa shape index (κ1) is 22.5. The Balaban J connectivity index is 1.56. The number of nitrogens with zero attached hydrogens (tertiary/aromatic N) is 2. The molecule has 4 rings (SSSR count). The normalized spacial score (nSPS) is 17.6. The van der Waals surface area contributed by atoms with Crippen molar-refractivity contribution in [3.8, 4) is 16.9 Å². The Hall–Kier alpha value is -3.67. The van der Waals surface area contributed by atoms with Gasteiger partial charge in [-0.05, 0) is 49.1 Å². The largest absolute Gasteiger partial charge is 0.496 e. The summed E-state index contributed by atoms with van der Waals surface area (Å²) in [6.07, 6.45) is 2.80. The lowest BCUT2D eigenvalue weighted by atomic mass is 9.79. The minimum atomic E-state index is -0.660. The molecule has 2 aromatic carbocycles. The van der Waals surface area contributed by atoms with Gasteiger partial charge >= 0.3 is 0 Å². The van der Waals surface area contributed by atoms with Crippen LogP contribution in [0, 0.1) is 5.41 Å². The molecule has 6 heteroatoms. The van der Waals surface area contributed by atoms with Crippen molar-refractivity contribution >= 4 is 11.8 Å². The van der Waals surface area contributed by atoms with Crippen molar-refractivity contribution in [2.45, 2.75) is 19.8 Å². The van der Waals surface area contributed by atoms with Gasteiger partial charge in [0.05, 0.1) is 12.5 Å². The van der Waals surface area contributed by atoms with Crippen LogP contribution in [-0.2, 0) is 11.2 Å². The van der Waals surface area contributed by atoms with Crippen LogP contribution >= 0.6 is 0 Å². The van der Waals surface area contributed by atoms with Crippen LogP contribution in [0.2, 0.25) is 0 Å². The van der Waals surface area contributed by atoms with Crippen LogP contribution in [0.3, 0.4) is 0 Å². The standard InChI is InChI=1S/C27H29N3O3/c1-3-28-26(32)27(15-17-30(19-27)25(31)23-9-6-7-16-29-23)18-20-11-13-21(14-12-20)22-8-4-5-10-24(22)33-2/h4-14,16H,3,15,17-19H2,1-2H3,(H,28,32)/t27-/m1/s1. The number of carbonyl (C=O) groups excluding carboxylic acids is 2. The topological polar surface area (TPSA) is 71.5 Å². The van der Waals surface area contributed by atoms with Gasteiger partial charge in [0.2, 0.25) is 5.91 Å². The molecule has 0 unspecified atom stereocenters. The summed E-state index contributed by atoms with van der Waals surface area (Å²) in [4.78, 5) is 32.1. The van der Waals surface area contributed by atoms with Gasteiger partial charge in [-0.15, -0.1) is 0 Å². The van der Waals surface area contributed by atoms with Crippen molar-refractivity contribution in [3.05, 3.63) is 84.2 Å². The first-order chi connectivity index (χ1) is 16.1. The SMILES string of the molecule is CCNC(=O)[C@@]1(Cc2ccc(-c3ccccc3OC)cc2)CCN(C(=O)c2ccccn2)C1. The number of carbonyl (C=O) groups is 2. The fourth-order valence-electron chi connectivity index (χ4n) is 4.53. The van der Waals surface area contributed by atoms with Gasteiger partial charge in [-0.1, -0.05) is 48.5 Å². The third kappa shape index (κ3) is 4.75. The molecule has 1 aromatic heterocycles. The van der Waals surface area contributed by atoms with Gasteiger partial charge in [0.15, 0.2) is 0 Å². The quantitative estimate of drug-likeness (QED) is 0.600. The highest BCUT2D eigenvalue weighted by molar-refractivity contribution is 5.93. The van der Waals surface area contributed by atoms with E-state index in [9.17, 15) is 9.59 Å². The van der Waals surface area contributed by atoms with Crippen LogP contribution < -0.4 is 10.1 Å². The van der Waals surface area contributed by atoms with Gasteiger partial charge in [-0.3, -0.25) is 14.6 Å². The lowest BCUT2D eigenvalue weighted by Gasteiger charge is -2.28. The highest BCUT2D eigenvalue weighted by Gasteiger charge is 2.46. The van der Waals surface area contributed by atoms with Crippen molar-refractivity contribution in [2.24, 2.45) is 5.41 Å². The van der Waals surface area contributed by atoms with Crippen molar-refractivity contribution in [1.82, 2.24) is 15.2 Å². The molecule has 2 amide bonds. The number of benzene rings is 2. The van der Waals surface area contributed by atoms with Crippen LogP contribution in [0.1, 0.15) is 29.4 Å². The van der Waals surface area contributed by atoms with Gasteiger partial charge in [0, 0.05) is 31.4 Å². The smallest absolute Gasteiger partial charge is 0.272 e. The minimum Gasteiger partial charge on any atom is -0.496 e. The number of para-hydroxylation sites is 1. The molecule has 3 aromatic rings. The Bertz CT molecular complexity index is 1110. The van der Waals surface area contributed by atoms with E-state index >= 15 is 0 Å². The first-order valence-electron chi connectivity index (χ1n) is 11.3. The number of hydrogen-bond donors (Lipinski definition) is 1. The summed E-state index contributed by atoms with van der Waals surface area (Å²) in [6, 6.07) is 21.5. The van der Waals surface area contributed by atoms with Crippen molar-refractivity contribution in [3.63, 3.8) is 0 Å². The maximum Gasteiger partial charge on any atom is 0.272 e. The number of hydrogen-bond acceptors (Lipinski definition) is 4. The second-order valence-electron chi connectivity index (χ2n) is 8.41. The number of aromatic nitrogens is 1. The Morgan fingerprint density at radius 3 is 2.52 bits per heavy atom. The van der Waals surface area contributed by atoms with Crippen LogP contribution in [0.15, 0.2) is 72.9 Å². The molecule has 0 aliphatic carbocycles. The molecule has 1 aliphatic rings. The predicted octanol–water partition coefficient (Wildman–Crippen LogP) is 3.97.